The third kappa shape index (κ3) is 4.76. The van der Waals surface area contributed by atoms with E-state index >= 15 is 0 Å². The fourth-order valence-electron chi connectivity index (χ4n) is 3.22. The molecule has 2 aromatic carbocycles. The Hall–Kier alpha value is -3.08. The van der Waals surface area contributed by atoms with Gasteiger partial charge >= 0.3 is 0 Å². The number of phenolic OH excluding ortho intramolecular Hbond substituents is 1. The highest BCUT2D eigenvalue weighted by atomic mass is 16.3. The fraction of sp³-hybridized carbons (Fsp3) is 0.273. The van der Waals surface area contributed by atoms with Crippen molar-refractivity contribution in [1.82, 2.24) is 4.90 Å². The zero-order chi connectivity index (χ0) is 19.2. The van der Waals surface area contributed by atoms with Crippen molar-refractivity contribution in [2.75, 3.05) is 18.4 Å². The lowest BCUT2D eigenvalue weighted by molar-refractivity contribution is -0.130. The van der Waals surface area contributed by atoms with Crippen LogP contribution in [0, 0.1) is 12.8 Å². The number of anilines is 1. The lowest BCUT2D eigenvalue weighted by Crippen LogP contribution is -2.40. The number of phenols is 1. The highest BCUT2D eigenvalue weighted by Gasteiger charge is 2.26. The molecule has 0 bridgehead atoms. The lowest BCUT2D eigenvalue weighted by atomic mass is 9.95. The molecule has 1 aliphatic rings. The first-order chi connectivity index (χ1) is 13.0. The maximum absolute atomic E-state index is 12.4. The minimum absolute atomic E-state index is 0.0298. The van der Waals surface area contributed by atoms with Crippen molar-refractivity contribution in [3.8, 4) is 5.75 Å². The molecule has 0 aromatic heterocycles. The molecule has 0 spiro atoms. The van der Waals surface area contributed by atoms with Gasteiger partial charge in [0.1, 0.15) is 5.75 Å². The summed E-state index contributed by atoms with van der Waals surface area (Å²) < 4.78 is 0. The van der Waals surface area contributed by atoms with Crippen molar-refractivity contribution in [2.45, 2.75) is 19.8 Å². The van der Waals surface area contributed by atoms with E-state index < -0.39 is 0 Å². The van der Waals surface area contributed by atoms with E-state index in [9.17, 15) is 14.7 Å². The second-order valence-corrected chi connectivity index (χ2v) is 6.80. The van der Waals surface area contributed by atoms with Crippen LogP contribution in [0.15, 0.2) is 54.6 Å². The SMILES string of the molecule is Cc1ccccc1/C=C/C(=O)N1CCC(C(=O)Nc2ccccc2O)CC1. The molecule has 5 nitrogen and oxygen atoms in total. The number of carbonyl (C=O) groups excluding carboxylic acids is 2. The number of hydrogen-bond acceptors (Lipinski definition) is 3. The van der Waals surface area contributed by atoms with Gasteiger partial charge in [0.2, 0.25) is 11.8 Å². The van der Waals surface area contributed by atoms with E-state index in [4.69, 9.17) is 0 Å². The highest BCUT2D eigenvalue weighted by molar-refractivity contribution is 5.95. The first-order valence-corrected chi connectivity index (χ1v) is 9.16. The number of rotatable bonds is 4. The molecule has 0 radical (unpaired) electrons. The van der Waals surface area contributed by atoms with Crippen LogP contribution in [0.4, 0.5) is 5.69 Å². The molecule has 2 N–H and O–H groups in total. The van der Waals surface area contributed by atoms with Gasteiger partial charge in [-0.3, -0.25) is 9.59 Å². The molecule has 5 heteroatoms. The predicted octanol–water partition coefficient (Wildman–Crippen LogP) is 3.59. The molecule has 1 saturated heterocycles. The number of aromatic hydroxyl groups is 1. The van der Waals surface area contributed by atoms with Crippen LogP contribution in [0.5, 0.6) is 5.75 Å². The number of nitrogens with one attached hydrogen (secondary N) is 1. The van der Waals surface area contributed by atoms with Gasteiger partial charge in [-0.1, -0.05) is 36.4 Å². The highest BCUT2D eigenvalue weighted by Crippen LogP contribution is 2.25. The maximum atomic E-state index is 12.4. The number of amides is 2. The van der Waals surface area contributed by atoms with Crippen molar-refractivity contribution in [2.24, 2.45) is 5.92 Å². The summed E-state index contributed by atoms with van der Waals surface area (Å²) in [5.41, 5.74) is 2.58. The second-order valence-electron chi connectivity index (χ2n) is 6.80. The number of likely N-dealkylation sites (tertiary alicyclic amines) is 1. The van der Waals surface area contributed by atoms with Crippen LogP contribution >= 0.6 is 0 Å². The monoisotopic (exact) mass is 364 g/mol. The van der Waals surface area contributed by atoms with Crippen molar-refractivity contribution >= 4 is 23.6 Å². The van der Waals surface area contributed by atoms with E-state index in [0.29, 0.717) is 31.6 Å². The number of aryl methyl sites for hydroxylation is 1. The van der Waals surface area contributed by atoms with Gasteiger partial charge < -0.3 is 15.3 Å². The molecule has 0 atom stereocenters. The Morgan fingerprint density at radius 1 is 1.07 bits per heavy atom. The number of para-hydroxylation sites is 2. The summed E-state index contributed by atoms with van der Waals surface area (Å²) in [6, 6.07) is 14.6. The average molecular weight is 364 g/mol. The Morgan fingerprint density at radius 2 is 1.74 bits per heavy atom. The lowest BCUT2D eigenvalue weighted by Gasteiger charge is -2.30. The number of benzene rings is 2. The third-order valence-corrected chi connectivity index (χ3v) is 4.93. The first-order valence-electron chi connectivity index (χ1n) is 9.16. The minimum Gasteiger partial charge on any atom is -0.506 e. The van der Waals surface area contributed by atoms with Crippen LogP contribution in [-0.2, 0) is 9.59 Å². The smallest absolute Gasteiger partial charge is 0.246 e. The Labute approximate surface area is 159 Å². The molecule has 1 fully saturated rings. The molecular formula is C22H24N2O3. The summed E-state index contributed by atoms with van der Waals surface area (Å²) in [5, 5.41) is 12.5. The van der Waals surface area contributed by atoms with Gasteiger partial charge in [-0.05, 0) is 49.1 Å². The number of piperidine rings is 1. The van der Waals surface area contributed by atoms with Gasteiger partial charge in [-0.15, -0.1) is 0 Å². The molecule has 27 heavy (non-hydrogen) atoms. The van der Waals surface area contributed by atoms with E-state index in [-0.39, 0.29) is 23.5 Å². The average Bonchev–Trinajstić information content (AvgIpc) is 2.69. The van der Waals surface area contributed by atoms with Crippen LogP contribution < -0.4 is 5.32 Å². The van der Waals surface area contributed by atoms with Crippen LogP contribution in [0.1, 0.15) is 24.0 Å². The molecule has 2 amide bonds. The van der Waals surface area contributed by atoms with E-state index in [1.807, 2.05) is 37.3 Å². The van der Waals surface area contributed by atoms with E-state index in [2.05, 4.69) is 5.32 Å². The fourth-order valence-corrected chi connectivity index (χ4v) is 3.22. The topological polar surface area (TPSA) is 69.6 Å². The summed E-state index contributed by atoms with van der Waals surface area (Å²) in [6.45, 7) is 3.12. The van der Waals surface area contributed by atoms with Crippen LogP contribution in [0.3, 0.4) is 0 Å². The zero-order valence-electron chi connectivity index (χ0n) is 15.4. The van der Waals surface area contributed by atoms with Gasteiger partial charge in [-0.25, -0.2) is 0 Å². The normalized spacial score (nSPS) is 15.1. The Morgan fingerprint density at radius 3 is 2.44 bits per heavy atom. The Kier molecular flexibility index (Phi) is 5.91. The first kappa shape index (κ1) is 18.7. The van der Waals surface area contributed by atoms with E-state index in [0.717, 1.165) is 11.1 Å². The predicted molar refractivity (Wildman–Crippen MR) is 106 cm³/mol. The number of nitrogens with zero attached hydrogens (tertiary/aromatic N) is 1. The molecule has 2 aromatic rings. The van der Waals surface area contributed by atoms with Gasteiger partial charge in [0.15, 0.2) is 0 Å². The molecule has 0 unspecified atom stereocenters. The molecule has 1 heterocycles. The van der Waals surface area contributed by atoms with Crippen molar-refractivity contribution in [3.63, 3.8) is 0 Å². The van der Waals surface area contributed by atoms with Crippen LogP contribution in [-0.4, -0.2) is 34.9 Å². The van der Waals surface area contributed by atoms with Gasteiger partial charge in [-0.2, -0.15) is 0 Å². The molecule has 3 rings (SSSR count). The molecular weight excluding hydrogens is 340 g/mol. The van der Waals surface area contributed by atoms with Gasteiger partial charge in [0.25, 0.3) is 0 Å². The number of hydrogen-bond donors (Lipinski definition) is 2. The molecule has 0 saturated carbocycles. The zero-order valence-corrected chi connectivity index (χ0v) is 15.4. The second kappa shape index (κ2) is 8.54. The summed E-state index contributed by atoms with van der Waals surface area (Å²) in [6.07, 6.45) is 4.67. The summed E-state index contributed by atoms with van der Waals surface area (Å²) >= 11 is 0. The molecule has 0 aliphatic carbocycles. The summed E-state index contributed by atoms with van der Waals surface area (Å²) in [7, 11) is 0. The minimum atomic E-state index is -0.158. The van der Waals surface area contributed by atoms with Crippen LogP contribution in [0.25, 0.3) is 6.08 Å². The van der Waals surface area contributed by atoms with Gasteiger partial charge in [0.05, 0.1) is 5.69 Å². The molecule has 1 aliphatic heterocycles. The van der Waals surface area contributed by atoms with Crippen molar-refractivity contribution in [3.05, 3.63) is 65.7 Å². The molecule has 140 valence electrons. The van der Waals surface area contributed by atoms with Crippen molar-refractivity contribution in [1.29, 1.82) is 0 Å². The summed E-state index contributed by atoms with van der Waals surface area (Å²) in [5.74, 6) is -0.245. The largest absolute Gasteiger partial charge is 0.506 e. The van der Waals surface area contributed by atoms with Crippen molar-refractivity contribution < 1.29 is 14.7 Å². The number of carbonyl (C=O) groups is 2. The third-order valence-electron chi connectivity index (χ3n) is 4.93. The Bertz CT molecular complexity index is 852. The van der Waals surface area contributed by atoms with E-state index in [1.165, 1.54) is 6.07 Å². The maximum Gasteiger partial charge on any atom is 0.246 e. The van der Waals surface area contributed by atoms with Crippen LogP contribution in [0.2, 0.25) is 0 Å². The van der Waals surface area contributed by atoms with Gasteiger partial charge in [0, 0.05) is 25.1 Å². The quantitative estimate of drug-likeness (QED) is 0.643. The Balaban J connectivity index is 1.52. The standard InChI is InChI=1S/C22H24N2O3/c1-16-6-2-3-7-17(16)10-11-21(26)24-14-12-18(13-15-24)22(27)23-19-8-4-5-9-20(19)25/h2-11,18,25H,12-15H2,1H3,(H,23,27)/b11-10+. The van der Waals surface area contributed by atoms with E-state index in [1.54, 1.807) is 29.2 Å². The summed E-state index contributed by atoms with van der Waals surface area (Å²) in [4.78, 5) is 26.6.